The lowest BCUT2D eigenvalue weighted by atomic mass is 9.90. The molecule has 3 N–H and O–H groups in total. The molecule has 1 saturated heterocycles. The first kappa shape index (κ1) is 21.0. The van der Waals surface area contributed by atoms with E-state index in [9.17, 15) is 33.4 Å². The van der Waals surface area contributed by atoms with Crippen molar-refractivity contribution >= 4 is 11.8 Å². The third-order valence-electron chi connectivity index (χ3n) is 5.96. The van der Waals surface area contributed by atoms with Gasteiger partial charge in [-0.15, -0.1) is 0 Å². The Morgan fingerprint density at radius 1 is 1.32 bits per heavy atom. The van der Waals surface area contributed by atoms with E-state index in [1.807, 2.05) is 0 Å². The summed E-state index contributed by atoms with van der Waals surface area (Å²) in [5.74, 6) is -3.95. The predicted molar refractivity (Wildman–Crippen MR) is 105 cm³/mol. The Labute approximate surface area is 175 Å². The van der Waals surface area contributed by atoms with E-state index in [0.717, 1.165) is 18.3 Å². The number of nitrogens with one attached hydrogen (secondary N) is 1. The van der Waals surface area contributed by atoms with Crippen molar-refractivity contribution < 1.29 is 28.6 Å². The fraction of sp³-hybridized carbons (Fsp3) is 0.381. The Balaban J connectivity index is 1.71. The molecule has 2 atom stereocenters. The molecule has 0 aliphatic carbocycles. The van der Waals surface area contributed by atoms with Gasteiger partial charge < -0.3 is 25.0 Å². The zero-order valence-electron chi connectivity index (χ0n) is 16.7. The molecule has 3 heterocycles. The molecule has 2 aliphatic heterocycles. The molecule has 0 spiro atoms. The normalized spacial score (nSPS) is 22.6. The molecule has 1 aromatic carbocycles. The molecule has 164 valence electrons. The van der Waals surface area contributed by atoms with Crippen LogP contribution in [0, 0.1) is 11.6 Å². The topological polar surface area (TPSA) is 112 Å². The van der Waals surface area contributed by atoms with E-state index in [4.69, 9.17) is 0 Å². The van der Waals surface area contributed by atoms with Crippen LogP contribution in [0.25, 0.3) is 0 Å². The van der Waals surface area contributed by atoms with Gasteiger partial charge in [0.25, 0.3) is 11.8 Å². The van der Waals surface area contributed by atoms with Crippen molar-refractivity contribution in [2.24, 2.45) is 0 Å². The molecule has 31 heavy (non-hydrogen) atoms. The molecule has 4 rings (SSSR count). The fourth-order valence-corrected chi connectivity index (χ4v) is 4.19. The van der Waals surface area contributed by atoms with Gasteiger partial charge in [-0.2, -0.15) is 0 Å². The average Bonchev–Trinajstić information content (AvgIpc) is 2.84. The second kappa shape index (κ2) is 7.45. The molecule has 10 heteroatoms. The van der Waals surface area contributed by atoms with Gasteiger partial charge in [0.2, 0.25) is 5.43 Å². The average molecular weight is 433 g/mol. The van der Waals surface area contributed by atoms with E-state index in [1.54, 1.807) is 6.92 Å². The van der Waals surface area contributed by atoms with Crippen LogP contribution in [-0.4, -0.2) is 50.2 Å². The second-order valence-electron chi connectivity index (χ2n) is 8.12. The quantitative estimate of drug-likeness (QED) is 0.676. The first-order valence-corrected chi connectivity index (χ1v) is 9.82. The Bertz CT molecular complexity index is 1140. The summed E-state index contributed by atoms with van der Waals surface area (Å²) in [7, 11) is 0. The molecule has 0 radical (unpaired) electrons. The summed E-state index contributed by atoms with van der Waals surface area (Å²) >= 11 is 0. The highest BCUT2D eigenvalue weighted by Crippen LogP contribution is 2.37. The molecular weight excluding hydrogens is 412 g/mol. The number of fused-ring (bicyclic) bond motifs is 4. The molecule has 2 aliphatic rings. The number of aromatic hydroxyl groups is 1. The van der Waals surface area contributed by atoms with Crippen molar-refractivity contribution in [3.05, 3.63) is 63.1 Å². The number of benzene rings is 1. The van der Waals surface area contributed by atoms with Crippen molar-refractivity contribution in [3.8, 4) is 5.75 Å². The first-order valence-electron chi connectivity index (χ1n) is 9.82. The van der Waals surface area contributed by atoms with Crippen LogP contribution >= 0.6 is 0 Å². The Morgan fingerprint density at radius 2 is 2.06 bits per heavy atom. The summed E-state index contributed by atoms with van der Waals surface area (Å²) < 4.78 is 28.1. The monoisotopic (exact) mass is 433 g/mol. The van der Waals surface area contributed by atoms with Crippen LogP contribution in [0.1, 0.15) is 52.2 Å². The third-order valence-corrected chi connectivity index (χ3v) is 5.96. The molecule has 0 saturated carbocycles. The standard InChI is InChI=1S/C21H21F2N3O5/c1-21(31)5-2-6-25-10-15(21)26-9-13(17(27)18(28)16(26)20(25)30)19(29)24-8-11-3-4-12(22)7-14(11)23/h3-4,7,9,15,28,31H,2,5-6,8,10H2,1H3,(H,24,29)/t15?,21-/m0/s1. The van der Waals surface area contributed by atoms with Gasteiger partial charge in [0, 0.05) is 37.5 Å². The molecule has 1 fully saturated rings. The van der Waals surface area contributed by atoms with Crippen LogP contribution in [-0.2, 0) is 6.54 Å². The second-order valence-corrected chi connectivity index (χ2v) is 8.12. The zero-order valence-corrected chi connectivity index (χ0v) is 16.7. The minimum Gasteiger partial charge on any atom is -0.503 e. The van der Waals surface area contributed by atoms with Gasteiger partial charge in [0.15, 0.2) is 11.4 Å². The van der Waals surface area contributed by atoms with Crippen LogP contribution in [0.2, 0.25) is 0 Å². The van der Waals surface area contributed by atoms with Crippen molar-refractivity contribution in [3.63, 3.8) is 0 Å². The summed E-state index contributed by atoms with van der Waals surface area (Å²) in [5.41, 5.74) is -3.00. The van der Waals surface area contributed by atoms with Crippen LogP contribution in [0.4, 0.5) is 8.78 Å². The number of nitrogens with zero attached hydrogens (tertiary/aromatic N) is 2. The molecule has 1 aromatic heterocycles. The summed E-state index contributed by atoms with van der Waals surface area (Å²) in [6.45, 7) is 1.83. The van der Waals surface area contributed by atoms with Crippen LogP contribution < -0.4 is 10.7 Å². The van der Waals surface area contributed by atoms with Crippen molar-refractivity contribution in [1.82, 2.24) is 14.8 Å². The van der Waals surface area contributed by atoms with Crippen LogP contribution in [0.15, 0.2) is 29.2 Å². The van der Waals surface area contributed by atoms with E-state index < -0.39 is 51.8 Å². The molecule has 2 aromatic rings. The minimum absolute atomic E-state index is 0.00885. The number of aliphatic hydroxyl groups is 1. The van der Waals surface area contributed by atoms with Gasteiger partial charge >= 0.3 is 0 Å². The maximum absolute atomic E-state index is 13.8. The lowest BCUT2D eigenvalue weighted by molar-refractivity contribution is -0.00799. The minimum atomic E-state index is -1.24. The molecule has 2 bridgehead atoms. The van der Waals surface area contributed by atoms with Gasteiger partial charge in [-0.05, 0) is 25.8 Å². The van der Waals surface area contributed by atoms with E-state index in [2.05, 4.69) is 5.32 Å². The zero-order chi connectivity index (χ0) is 22.5. The highest BCUT2D eigenvalue weighted by atomic mass is 19.1. The summed E-state index contributed by atoms with van der Waals surface area (Å²) in [6.07, 6.45) is 2.08. The van der Waals surface area contributed by atoms with Crippen molar-refractivity contribution in [2.75, 3.05) is 13.1 Å². The van der Waals surface area contributed by atoms with Gasteiger partial charge in [-0.1, -0.05) is 6.07 Å². The number of carbonyl (C=O) groups is 2. The van der Waals surface area contributed by atoms with Gasteiger partial charge in [0.05, 0.1) is 11.6 Å². The smallest absolute Gasteiger partial charge is 0.274 e. The van der Waals surface area contributed by atoms with Crippen LogP contribution in [0.5, 0.6) is 5.75 Å². The largest absolute Gasteiger partial charge is 0.503 e. The molecule has 2 amide bonds. The van der Waals surface area contributed by atoms with Gasteiger partial charge in [0.1, 0.15) is 17.2 Å². The van der Waals surface area contributed by atoms with Crippen molar-refractivity contribution in [2.45, 2.75) is 38.0 Å². The number of pyridine rings is 1. The number of amides is 2. The highest BCUT2D eigenvalue weighted by molar-refractivity contribution is 5.99. The fourth-order valence-electron chi connectivity index (χ4n) is 4.19. The third kappa shape index (κ3) is 3.56. The summed E-state index contributed by atoms with van der Waals surface area (Å²) in [4.78, 5) is 39.5. The maximum atomic E-state index is 13.8. The Kier molecular flexibility index (Phi) is 5.04. The maximum Gasteiger partial charge on any atom is 0.274 e. The highest BCUT2D eigenvalue weighted by Gasteiger charge is 2.44. The van der Waals surface area contributed by atoms with E-state index in [1.165, 1.54) is 9.47 Å². The Hall–Kier alpha value is -3.27. The van der Waals surface area contributed by atoms with Crippen molar-refractivity contribution in [1.29, 1.82) is 0 Å². The van der Waals surface area contributed by atoms with E-state index in [-0.39, 0.29) is 24.3 Å². The number of hydrogen-bond acceptors (Lipinski definition) is 5. The summed E-state index contributed by atoms with van der Waals surface area (Å²) in [5, 5.41) is 23.7. The van der Waals surface area contributed by atoms with E-state index >= 15 is 0 Å². The number of aromatic nitrogens is 1. The van der Waals surface area contributed by atoms with Gasteiger partial charge in [-0.3, -0.25) is 14.4 Å². The molecule has 8 nitrogen and oxygen atoms in total. The SMILES string of the molecule is C[C@]1(O)CCCN2CC1n1cc(C(=O)NCc3ccc(F)cc3F)c(=O)c(O)c1C2=O. The number of hydrogen-bond donors (Lipinski definition) is 3. The molecular formula is C21H21F2N3O5. The Morgan fingerprint density at radius 3 is 2.77 bits per heavy atom. The molecule has 1 unspecified atom stereocenters. The number of carbonyl (C=O) groups excluding carboxylic acids is 2. The number of halogens is 2. The lowest BCUT2D eigenvalue weighted by Gasteiger charge is -2.40. The van der Waals surface area contributed by atoms with Crippen LogP contribution in [0.3, 0.4) is 0 Å². The van der Waals surface area contributed by atoms with Gasteiger partial charge in [-0.25, -0.2) is 8.78 Å². The summed E-state index contributed by atoms with van der Waals surface area (Å²) in [6, 6.07) is 2.20. The number of rotatable bonds is 3. The predicted octanol–water partition coefficient (Wildman–Crippen LogP) is 1.30. The lowest BCUT2D eigenvalue weighted by Crippen LogP contribution is -2.49. The van der Waals surface area contributed by atoms with E-state index in [0.29, 0.717) is 25.5 Å². The first-order chi connectivity index (χ1) is 14.6.